The van der Waals surface area contributed by atoms with Crippen molar-refractivity contribution in [3.8, 4) is 18.1 Å². The topological polar surface area (TPSA) is 56.1 Å². The number of unbranched alkanes of at least 4 members (excludes halogenated alkanes) is 3. The van der Waals surface area contributed by atoms with Crippen LogP contribution in [0.15, 0.2) is 30.3 Å². The van der Waals surface area contributed by atoms with Crippen molar-refractivity contribution in [2.75, 3.05) is 6.61 Å². The van der Waals surface area contributed by atoms with Crippen LogP contribution in [0.1, 0.15) is 47.4 Å². The van der Waals surface area contributed by atoms with Crippen LogP contribution in [0.25, 0.3) is 0 Å². The number of hydrogen-bond donors (Lipinski definition) is 1. The van der Waals surface area contributed by atoms with Crippen LogP contribution in [0.3, 0.4) is 0 Å². The first-order valence-corrected chi connectivity index (χ1v) is 8.54. The van der Waals surface area contributed by atoms with Gasteiger partial charge in [0.05, 0.1) is 12.3 Å². The fourth-order valence-corrected chi connectivity index (χ4v) is 2.54. The third-order valence-electron chi connectivity index (χ3n) is 3.82. The molecule has 0 aliphatic rings. The minimum absolute atomic E-state index is 0.136. The number of benzene rings is 1. The van der Waals surface area contributed by atoms with Crippen molar-refractivity contribution in [2.45, 2.75) is 39.2 Å². The summed E-state index contributed by atoms with van der Waals surface area (Å²) >= 11 is 0. The van der Waals surface area contributed by atoms with Gasteiger partial charge in [0.2, 0.25) is 0 Å². The van der Waals surface area contributed by atoms with Gasteiger partial charge in [-0.1, -0.05) is 12.1 Å². The van der Waals surface area contributed by atoms with Gasteiger partial charge in [-0.3, -0.25) is 9.48 Å². The highest BCUT2D eigenvalue weighted by atomic mass is 16.5. The monoisotopic (exact) mass is 339 g/mol. The van der Waals surface area contributed by atoms with Gasteiger partial charge in [0, 0.05) is 20.0 Å². The molecule has 1 aromatic carbocycles. The van der Waals surface area contributed by atoms with Gasteiger partial charge < -0.3 is 10.1 Å². The number of nitrogens with one attached hydrogen (secondary N) is 1. The van der Waals surface area contributed by atoms with E-state index >= 15 is 0 Å². The Bertz CT molecular complexity index is 744. The van der Waals surface area contributed by atoms with Gasteiger partial charge in [-0.2, -0.15) is 5.10 Å². The molecule has 25 heavy (non-hydrogen) atoms. The SMILES string of the molecule is C#CCCCCCOc1cccc(CNC(=O)c2cc(C)nn2C)c1. The van der Waals surface area contributed by atoms with Gasteiger partial charge in [-0.15, -0.1) is 12.3 Å². The largest absolute Gasteiger partial charge is 0.494 e. The number of amides is 1. The Morgan fingerprint density at radius 1 is 1.32 bits per heavy atom. The minimum Gasteiger partial charge on any atom is -0.494 e. The maximum Gasteiger partial charge on any atom is 0.269 e. The van der Waals surface area contributed by atoms with E-state index in [1.54, 1.807) is 17.8 Å². The first-order valence-electron chi connectivity index (χ1n) is 8.54. The van der Waals surface area contributed by atoms with Gasteiger partial charge in [0.1, 0.15) is 11.4 Å². The van der Waals surface area contributed by atoms with Crippen LogP contribution in [0, 0.1) is 19.3 Å². The molecule has 132 valence electrons. The molecule has 1 aromatic heterocycles. The van der Waals surface area contributed by atoms with E-state index in [1.807, 2.05) is 31.2 Å². The summed E-state index contributed by atoms with van der Waals surface area (Å²) in [4.78, 5) is 12.2. The molecule has 5 nitrogen and oxygen atoms in total. The highest BCUT2D eigenvalue weighted by Crippen LogP contribution is 2.14. The number of terminal acetylenes is 1. The molecule has 0 spiro atoms. The van der Waals surface area contributed by atoms with E-state index in [1.165, 1.54) is 0 Å². The molecule has 0 saturated heterocycles. The van der Waals surface area contributed by atoms with E-state index in [2.05, 4.69) is 16.3 Å². The first kappa shape index (κ1) is 18.6. The van der Waals surface area contributed by atoms with Crippen molar-refractivity contribution in [1.82, 2.24) is 15.1 Å². The molecule has 0 aliphatic heterocycles. The van der Waals surface area contributed by atoms with Crippen LogP contribution in [0.4, 0.5) is 0 Å². The van der Waals surface area contributed by atoms with Gasteiger partial charge >= 0.3 is 0 Å². The Kier molecular flexibility index (Phi) is 7.09. The van der Waals surface area contributed by atoms with Crippen LogP contribution in [-0.2, 0) is 13.6 Å². The summed E-state index contributed by atoms with van der Waals surface area (Å²) in [5, 5.41) is 7.10. The molecule has 0 saturated carbocycles. The van der Waals surface area contributed by atoms with Crippen molar-refractivity contribution in [3.05, 3.63) is 47.3 Å². The van der Waals surface area contributed by atoms with Crippen molar-refractivity contribution in [2.24, 2.45) is 7.05 Å². The molecule has 0 aliphatic carbocycles. The third kappa shape index (κ3) is 6.00. The molecule has 0 radical (unpaired) electrons. The lowest BCUT2D eigenvalue weighted by Crippen LogP contribution is -2.25. The van der Waals surface area contributed by atoms with Gasteiger partial charge in [-0.25, -0.2) is 0 Å². The normalized spacial score (nSPS) is 10.3. The number of carbonyl (C=O) groups excluding carboxylic acids is 1. The molecular formula is C20H25N3O2. The van der Waals surface area contributed by atoms with E-state index in [0.717, 1.165) is 42.7 Å². The molecule has 5 heteroatoms. The highest BCUT2D eigenvalue weighted by molar-refractivity contribution is 5.92. The van der Waals surface area contributed by atoms with Gasteiger partial charge in [0.15, 0.2) is 0 Å². The maximum atomic E-state index is 12.2. The lowest BCUT2D eigenvalue weighted by molar-refractivity contribution is 0.0941. The predicted octanol–water partition coefficient (Wildman–Crippen LogP) is 3.23. The Hall–Kier alpha value is -2.74. The van der Waals surface area contributed by atoms with Crippen LogP contribution < -0.4 is 10.1 Å². The number of hydrogen-bond acceptors (Lipinski definition) is 3. The number of nitrogens with zero attached hydrogens (tertiary/aromatic N) is 2. The predicted molar refractivity (Wildman–Crippen MR) is 98.4 cm³/mol. The number of rotatable bonds is 9. The summed E-state index contributed by atoms with van der Waals surface area (Å²) in [6.45, 7) is 2.99. The quantitative estimate of drug-likeness (QED) is 0.564. The lowest BCUT2D eigenvalue weighted by atomic mass is 10.2. The average Bonchev–Trinajstić information content (AvgIpc) is 2.94. The van der Waals surface area contributed by atoms with Gasteiger partial charge in [-0.05, 0) is 49.9 Å². The fourth-order valence-electron chi connectivity index (χ4n) is 2.54. The molecule has 1 heterocycles. The van der Waals surface area contributed by atoms with E-state index in [9.17, 15) is 4.79 Å². The molecule has 0 atom stereocenters. The molecule has 1 N–H and O–H groups in total. The maximum absolute atomic E-state index is 12.2. The Morgan fingerprint density at radius 2 is 2.16 bits per heavy atom. The number of carbonyl (C=O) groups is 1. The van der Waals surface area contributed by atoms with Gasteiger partial charge in [0.25, 0.3) is 5.91 Å². The number of aryl methyl sites for hydroxylation is 2. The number of ether oxygens (including phenoxy) is 1. The second kappa shape index (κ2) is 9.53. The van der Waals surface area contributed by atoms with Crippen LogP contribution in [0.2, 0.25) is 0 Å². The van der Waals surface area contributed by atoms with Crippen molar-refractivity contribution in [3.63, 3.8) is 0 Å². The molecular weight excluding hydrogens is 314 g/mol. The zero-order chi connectivity index (χ0) is 18.1. The lowest BCUT2D eigenvalue weighted by Gasteiger charge is -2.09. The molecule has 1 amide bonds. The molecule has 2 rings (SSSR count). The van der Waals surface area contributed by atoms with Crippen LogP contribution in [-0.4, -0.2) is 22.3 Å². The zero-order valence-electron chi connectivity index (χ0n) is 14.9. The smallest absolute Gasteiger partial charge is 0.269 e. The second-order valence-electron chi connectivity index (χ2n) is 5.99. The average molecular weight is 339 g/mol. The minimum atomic E-state index is -0.136. The zero-order valence-corrected chi connectivity index (χ0v) is 14.9. The van der Waals surface area contributed by atoms with E-state index < -0.39 is 0 Å². The Labute approximate surface area is 149 Å². The molecule has 2 aromatic rings. The standard InChI is InChI=1S/C20H25N3O2/c1-4-5-6-7-8-12-25-18-11-9-10-17(14-18)15-21-20(24)19-13-16(2)22-23(19)3/h1,9-11,13-14H,5-8,12,15H2,2-3H3,(H,21,24). The van der Waals surface area contributed by atoms with Crippen molar-refractivity contribution in [1.29, 1.82) is 0 Å². The van der Waals surface area contributed by atoms with Crippen LogP contribution >= 0.6 is 0 Å². The molecule has 0 unspecified atom stereocenters. The number of aromatic nitrogens is 2. The van der Waals surface area contributed by atoms with E-state index in [0.29, 0.717) is 18.8 Å². The second-order valence-corrected chi connectivity index (χ2v) is 5.99. The van der Waals surface area contributed by atoms with E-state index in [-0.39, 0.29) is 5.91 Å². The highest BCUT2D eigenvalue weighted by Gasteiger charge is 2.11. The Balaban J connectivity index is 1.80. The third-order valence-corrected chi connectivity index (χ3v) is 3.82. The first-order chi connectivity index (χ1) is 12.1. The summed E-state index contributed by atoms with van der Waals surface area (Å²) in [6.07, 6.45) is 9.16. The Morgan fingerprint density at radius 3 is 2.88 bits per heavy atom. The molecule has 0 bridgehead atoms. The summed E-state index contributed by atoms with van der Waals surface area (Å²) < 4.78 is 7.35. The van der Waals surface area contributed by atoms with Crippen molar-refractivity contribution < 1.29 is 9.53 Å². The summed E-state index contributed by atoms with van der Waals surface area (Å²) in [5.74, 6) is 3.33. The summed E-state index contributed by atoms with van der Waals surface area (Å²) in [5.41, 5.74) is 2.37. The van der Waals surface area contributed by atoms with Crippen molar-refractivity contribution >= 4 is 5.91 Å². The molecule has 0 fully saturated rings. The van der Waals surface area contributed by atoms with Crippen LogP contribution in [0.5, 0.6) is 5.75 Å². The summed E-state index contributed by atoms with van der Waals surface area (Å²) in [7, 11) is 1.76. The summed E-state index contributed by atoms with van der Waals surface area (Å²) in [6, 6.07) is 9.56. The fraction of sp³-hybridized carbons (Fsp3) is 0.400. The van der Waals surface area contributed by atoms with E-state index in [4.69, 9.17) is 11.2 Å².